The zero-order chi connectivity index (χ0) is 26.4. The molecule has 0 saturated heterocycles. The molecule has 6 aromatic rings. The third-order valence-electron chi connectivity index (χ3n) is 8.10. The van der Waals surface area contributed by atoms with Crippen LogP contribution in [0.3, 0.4) is 0 Å². The van der Waals surface area contributed by atoms with Crippen molar-refractivity contribution < 1.29 is 0 Å². The predicted octanol–water partition coefficient (Wildman–Crippen LogP) is 9.45. The number of benzene rings is 4. The molecule has 2 aromatic heterocycles. The number of hydrogen-bond donors (Lipinski definition) is 0. The second-order valence-electron chi connectivity index (χ2n) is 10.8. The van der Waals surface area contributed by atoms with E-state index in [-0.39, 0.29) is 5.41 Å². The van der Waals surface area contributed by atoms with E-state index >= 15 is 0 Å². The molecule has 4 aromatic carbocycles. The minimum absolute atomic E-state index is 0.0814. The van der Waals surface area contributed by atoms with E-state index < -0.39 is 0 Å². The molecule has 0 N–H and O–H groups in total. The van der Waals surface area contributed by atoms with Crippen LogP contribution in [0.1, 0.15) is 25.0 Å². The first-order chi connectivity index (χ1) is 19.1. The largest absolute Gasteiger partial charge is 0.264 e. The van der Waals surface area contributed by atoms with Gasteiger partial charge in [0.25, 0.3) is 0 Å². The fraction of sp³-hybridized carbons (Fsp3) is 0.0811. The van der Waals surface area contributed by atoms with Crippen molar-refractivity contribution in [1.82, 2.24) is 9.97 Å². The normalized spacial score (nSPS) is 13.1. The van der Waals surface area contributed by atoms with E-state index in [1.807, 2.05) is 36.9 Å². The summed E-state index contributed by atoms with van der Waals surface area (Å²) in [4.78, 5) is 8.51. The van der Waals surface area contributed by atoms with Crippen LogP contribution in [0, 0.1) is 0 Å². The van der Waals surface area contributed by atoms with Crippen LogP contribution < -0.4 is 0 Å². The molecule has 7 rings (SSSR count). The lowest BCUT2D eigenvalue weighted by atomic mass is 9.81. The number of rotatable bonds is 4. The standard InChI is InChI=1S/C37H28N2/c1-37(2)35-21-29(25-7-11-27(12-8-25)31-5-3-19-38-23-31)15-17-33(35)34-18-16-30(22-36(34)37)26-9-13-28(14-10-26)32-6-4-20-39-24-32/h3-24H,1-2H3. The van der Waals surface area contributed by atoms with Gasteiger partial charge in [0.15, 0.2) is 0 Å². The monoisotopic (exact) mass is 500 g/mol. The van der Waals surface area contributed by atoms with Crippen LogP contribution in [0.2, 0.25) is 0 Å². The number of hydrogen-bond acceptors (Lipinski definition) is 2. The van der Waals surface area contributed by atoms with Gasteiger partial charge in [-0.05, 0) is 91.0 Å². The average molecular weight is 501 g/mol. The fourth-order valence-corrected chi connectivity index (χ4v) is 5.87. The highest BCUT2D eigenvalue weighted by molar-refractivity contribution is 5.86. The Morgan fingerprint density at radius 3 is 1.13 bits per heavy atom. The molecule has 0 fully saturated rings. The average Bonchev–Trinajstić information content (AvgIpc) is 3.23. The van der Waals surface area contributed by atoms with Gasteiger partial charge in [0.2, 0.25) is 0 Å². The first-order valence-electron chi connectivity index (χ1n) is 13.4. The SMILES string of the molecule is CC1(C)c2cc(-c3ccc(-c4cccnc4)cc3)ccc2-c2ccc(-c3ccc(-c4cccnc4)cc3)cc21. The lowest BCUT2D eigenvalue weighted by molar-refractivity contribution is 0.661. The molecule has 0 amide bonds. The summed E-state index contributed by atoms with van der Waals surface area (Å²) >= 11 is 0. The van der Waals surface area contributed by atoms with Gasteiger partial charge in [-0.1, -0.05) is 98.8 Å². The van der Waals surface area contributed by atoms with Gasteiger partial charge >= 0.3 is 0 Å². The Kier molecular flexibility index (Phi) is 5.49. The van der Waals surface area contributed by atoms with E-state index in [1.165, 1.54) is 55.6 Å². The van der Waals surface area contributed by atoms with E-state index in [0.29, 0.717) is 0 Å². The Hall–Kier alpha value is -4.82. The van der Waals surface area contributed by atoms with Crippen LogP contribution in [0.15, 0.2) is 134 Å². The molecule has 39 heavy (non-hydrogen) atoms. The van der Waals surface area contributed by atoms with Crippen molar-refractivity contribution in [3.8, 4) is 55.6 Å². The molecule has 0 bridgehead atoms. The van der Waals surface area contributed by atoms with Crippen molar-refractivity contribution in [1.29, 1.82) is 0 Å². The first kappa shape index (κ1) is 23.3. The molecule has 0 atom stereocenters. The van der Waals surface area contributed by atoms with Crippen molar-refractivity contribution in [3.63, 3.8) is 0 Å². The number of nitrogens with zero attached hydrogens (tertiary/aromatic N) is 2. The summed E-state index contributed by atoms with van der Waals surface area (Å²) < 4.78 is 0. The molecule has 2 heterocycles. The molecular weight excluding hydrogens is 472 g/mol. The summed E-state index contributed by atoms with van der Waals surface area (Å²) in [6.45, 7) is 4.70. The van der Waals surface area contributed by atoms with E-state index in [0.717, 1.165) is 11.1 Å². The van der Waals surface area contributed by atoms with E-state index in [1.54, 1.807) is 0 Å². The van der Waals surface area contributed by atoms with Crippen molar-refractivity contribution in [2.75, 3.05) is 0 Å². The Labute approximate surface area is 229 Å². The third-order valence-corrected chi connectivity index (χ3v) is 8.10. The smallest absolute Gasteiger partial charge is 0.0346 e. The lowest BCUT2D eigenvalue weighted by Gasteiger charge is -2.22. The minimum atomic E-state index is -0.0814. The van der Waals surface area contributed by atoms with Gasteiger partial charge in [-0.25, -0.2) is 0 Å². The van der Waals surface area contributed by atoms with Gasteiger partial charge in [-0.2, -0.15) is 0 Å². The Bertz CT molecular complexity index is 1650. The highest BCUT2D eigenvalue weighted by Crippen LogP contribution is 2.50. The number of pyridine rings is 2. The quantitative estimate of drug-likeness (QED) is 0.241. The lowest BCUT2D eigenvalue weighted by Crippen LogP contribution is -2.15. The van der Waals surface area contributed by atoms with Gasteiger partial charge in [0, 0.05) is 30.2 Å². The van der Waals surface area contributed by atoms with E-state index in [4.69, 9.17) is 0 Å². The number of aromatic nitrogens is 2. The topological polar surface area (TPSA) is 25.8 Å². The van der Waals surface area contributed by atoms with Gasteiger partial charge in [0.05, 0.1) is 0 Å². The first-order valence-corrected chi connectivity index (χ1v) is 13.4. The molecule has 0 aliphatic heterocycles. The maximum Gasteiger partial charge on any atom is 0.0346 e. The van der Waals surface area contributed by atoms with Gasteiger partial charge in [0.1, 0.15) is 0 Å². The van der Waals surface area contributed by atoms with Crippen LogP contribution in [0.5, 0.6) is 0 Å². The van der Waals surface area contributed by atoms with Gasteiger partial charge in [-0.15, -0.1) is 0 Å². The fourth-order valence-electron chi connectivity index (χ4n) is 5.87. The third kappa shape index (κ3) is 4.06. The maximum absolute atomic E-state index is 4.26. The summed E-state index contributed by atoms with van der Waals surface area (Å²) in [6.07, 6.45) is 7.44. The zero-order valence-corrected chi connectivity index (χ0v) is 22.1. The predicted molar refractivity (Wildman–Crippen MR) is 161 cm³/mol. The number of fused-ring (bicyclic) bond motifs is 3. The van der Waals surface area contributed by atoms with Crippen LogP contribution in [-0.4, -0.2) is 9.97 Å². The van der Waals surface area contributed by atoms with Crippen molar-refractivity contribution in [2.24, 2.45) is 0 Å². The van der Waals surface area contributed by atoms with E-state index in [2.05, 4.69) is 121 Å². The van der Waals surface area contributed by atoms with Crippen molar-refractivity contribution in [3.05, 3.63) is 145 Å². The second-order valence-corrected chi connectivity index (χ2v) is 10.8. The molecule has 0 spiro atoms. The summed E-state index contributed by atoms with van der Waals surface area (Å²) in [7, 11) is 0. The summed E-state index contributed by atoms with van der Waals surface area (Å²) in [5.41, 5.74) is 15.0. The molecule has 2 heteroatoms. The molecular formula is C37H28N2. The van der Waals surface area contributed by atoms with Gasteiger partial charge in [-0.3, -0.25) is 9.97 Å². The Morgan fingerprint density at radius 2 is 0.769 bits per heavy atom. The Balaban J connectivity index is 1.20. The summed E-state index contributed by atoms with van der Waals surface area (Å²) in [6, 6.07) is 39.6. The highest BCUT2D eigenvalue weighted by atomic mass is 14.6. The summed E-state index contributed by atoms with van der Waals surface area (Å²) in [5, 5.41) is 0. The zero-order valence-electron chi connectivity index (χ0n) is 22.1. The summed E-state index contributed by atoms with van der Waals surface area (Å²) in [5.74, 6) is 0. The Morgan fingerprint density at radius 1 is 0.410 bits per heavy atom. The minimum Gasteiger partial charge on any atom is -0.264 e. The highest BCUT2D eigenvalue weighted by Gasteiger charge is 2.35. The second kappa shape index (κ2) is 9.18. The van der Waals surface area contributed by atoms with Gasteiger partial charge < -0.3 is 0 Å². The van der Waals surface area contributed by atoms with Crippen molar-refractivity contribution in [2.45, 2.75) is 19.3 Å². The molecule has 1 aliphatic rings. The maximum atomic E-state index is 4.26. The molecule has 0 radical (unpaired) electrons. The van der Waals surface area contributed by atoms with Crippen LogP contribution in [0.4, 0.5) is 0 Å². The van der Waals surface area contributed by atoms with Crippen LogP contribution in [-0.2, 0) is 5.41 Å². The van der Waals surface area contributed by atoms with Crippen LogP contribution in [0.25, 0.3) is 55.6 Å². The molecule has 1 aliphatic carbocycles. The van der Waals surface area contributed by atoms with E-state index in [9.17, 15) is 0 Å². The van der Waals surface area contributed by atoms with Crippen LogP contribution >= 0.6 is 0 Å². The van der Waals surface area contributed by atoms with Crippen molar-refractivity contribution >= 4 is 0 Å². The molecule has 2 nitrogen and oxygen atoms in total. The molecule has 0 saturated carbocycles. The molecule has 0 unspecified atom stereocenters. The molecule has 186 valence electrons.